The Morgan fingerprint density at radius 1 is 1.03 bits per heavy atom. The summed E-state index contributed by atoms with van der Waals surface area (Å²) in [6.07, 6.45) is 4.61. The first kappa shape index (κ1) is 19.4. The normalized spacial score (nSPS) is 10.9. The lowest BCUT2D eigenvalue weighted by atomic mass is 9.99. The number of nitriles is 1. The van der Waals surface area contributed by atoms with Gasteiger partial charge in [0, 0.05) is 18.0 Å². The van der Waals surface area contributed by atoms with Crippen LogP contribution in [-0.4, -0.2) is 34.9 Å². The number of aryl methyl sites for hydroxylation is 1. The van der Waals surface area contributed by atoms with Crippen molar-refractivity contribution in [1.82, 2.24) is 34.9 Å². The van der Waals surface area contributed by atoms with Crippen molar-refractivity contribution < 1.29 is 4.39 Å². The predicted octanol–water partition coefficient (Wildman–Crippen LogP) is 3.71. The molecule has 5 rings (SSSR count). The molecule has 0 saturated heterocycles. The largest absolute Gasteiger partial charge is 0.256 e. The summed E-state index contributed by atoms with van der Waals surface area (Å²) >= 11 is 0. The van der Waals surface area contributed by atoms with Crippen molar-refractivity contribution >= 4 is 11.0 Å². The minimum atomic E-state index is -0.422. The van der Waals surface area contributed by atoms with Gasteiger partial charge in [0.1, 0.15) is 29.7 Å². The molecule has 8 nitrogen and oxygen atoms in total. The van der Waals surface area contributed by atoms with E-state index >= 15 is 0 Å². The molecule has 0 radical (unpaired) electrons. The fourth-order valence-electron chi connectivity index (χ4n) is 3.51. The monoisotopic (exact) mass is 422 g/mol. The van der Waals surface area contributed by atoms with Crippen LogP contribution in [0.25, 0.3) is 33.5 Å². The fraction of sp³-hybridized carbons (Fsp3) is 0.0870. The van der Waals surface area contributed by atoms with Crippen LogP contribution in [0.2, 0.25) is 0 Å². The quantitative estimate of drug-likeness (QED) is 0.435. The maximum absolute atomic E-state index is 14.1. The van der Waals surface area contributed by atoms with Crippen LogP contribution in [-0.2, 0) is 6.54 Å². The van der Waals surface area contributed by atoms with Gasteiger partial charge < -0.3 is 0 Å². The minimum absolute atomic E-state index is 0.0727. The SMILES string of the molecule is Cc1nc(-c2cccc(C#N)c2)c(-c2ccncn2)c2nn(Cc3ncccc3F)nc12. The van der Waals surface area contributed by atoms with Gasteiger partial charge in [-0.25, -0.2) is 19.3 Å². The maximum atomic E-state index is 14.1. The summed E-state index contributed by atoms with van der Waals surface area (Å²) in [5, 5.41) is 18.5. The van der Waals surface area contributed by atoms with Crippen LogP contribution < -0.4 is 0 Å². The maximum Gasteiger partial charge on any atom is 0.146 e. The lowest BCUT2D eigenvalue weighted by Crippen LogP contribution is -2.07. The third kappa shape index (κ3) is 3.44. The molecule has 0 saturated carbocycles. The molecule has 0 aliphatic heterocycles. The number of aromatic nitrogens is 7. The van der Waals surface area contributed by atoms with Gasteiger partial charge in [-0.15, -0.1) is 0 Å². The minimum Gasteiger partial charge on any atom is -0.256 e. The Balaban J connectivity index is 1.76. The first-order valence-electron chi connectivity index (χ1n) is 9.76. The van der Waals surface area contributed by atoms with Crippen LogP contribution in [0.15, 0.2) is 61.2 Å². The van der Waals surface area contributed by atoms with E-state index in [4.69, 9.17) is 4.98 Å². The van der Waals surface area contributed by atoms with E-state index in [1.807, 2.05) is 13.0 Å². The zero-order valence-electron chi connectivity index (χ0n) is 16.9. The van der Waals surface area contributed by atoms with Gasteiger partial charge >= 0.3 is 0 Å². The second-order valence-electron chi connectivity index (χ2n) is 7.07. The lowest BCUT2D eigenvalue weighted by Gasteiger charge is -2.10. The van der Waals surface area contributed by atoms with E-state index in [0.717, 1.165) is 5.56 Å². The van der Waals surface area contributed by atoms with Crippen molar-refractivity contribution in [3.05, 3.63) is 84.0 Å². The van der Waals surface area contributed by atoms with Crippen molar-refractivity contribution in [2.75, 3.05) is 0 Å². The van der Waals surface area contributed by atoms with Crippen molar-refractivity contribution in [3.8, 4) is 28.6 Å². The molecule has 0 unspecified atom stereocenters. The molecule has 4 heterocycles. The van der Waals surface area contributed by atoms with E-state index in [1.54, 1.807) is 30.5 Å². The average Bonchev–Trinajstić information content (AvgIpc) is 3.25. The van der Waals surface area contributed by atoms with Gasteiger partial charge in [0.2, 0.25) is 0 Å². The third-order valence-electron chi connectivity index (χ3n) is 4.98. The molecule has 0 fully saturated rings. The molecular weight excluding hydrogens is 407 g/mol. The van der Waals surface area contributed by atoms with Crippen LogP contribution in [0.3, 0.4) is 0 Å². The molecule has 0 bridgehead atoms. The molecule has 1 aromatic carbocycles. The zero-order valence-corrected chi connectivity index (χ0v) is 16.9. The van der Waals surface area contributed by atoms with E-state index < -0.39 is 5.82 Å². The molecule has 32 heavy (non-hydrogen) atoms. The standard InChI is InChI=1S/C23H15FN8/c1-14-21-23(31-32(30-21)12-19-17(24)6-3-8-27-19)20(18-7-9-26-13-28-18)22(29-14)16-5-2-4-15(10-16)11-25/h2-10,13H,12H2,1H3. The Morgan fingerprint density at radius 2 is 1.91 bits per heavy atom. The molecule has 9 heteroatoms. The van der Waals surface area contributed by atoms with Gasteiger partial charge in [-0.2, -0.15) is 20.3 Å². The Morgan fingerprint density at radius 3 is 2.69 bits per heavy atom. The molecule has 0 atom stereocenters. The highest BCUT2D eigenvalue weighted by atomic mass is 19.1. The van der Waals surface area contributed by atoms with E-state index in [1.165, 1.54) is 29.5 Å². The summed E-state index contributed by atoms with van der Waals surface area (Å²) in [6.45, 7) is 1.91. The highest BCUT2D eigenvalue weighted by Gasteiger charge is 2.21. The van der Waals surface area contributed by atoms with Crippen LogP contribution in [0.5, 0.6) is 0 Å². The predicted molar refractivity (Wildman–Crippen MR) is 115 cm³/mol. The smallest absolute Gasteiger partial charge is 0.146 e. The molecule has 0 amide bonds. The number of rotatable bonds is 4. The van der Waals surface area contributed by atoms with E-state index in [0.29, 0.717) is 39.2 Å². The van der Waals surface area contributed by atoms with Gasteiger partial charge in [-0.3, -0.25) is 4.98 Å². The molecule has 0 aliphatic carbocycles. The summed E-state index contributed by atoms with van der Waals surface area (Å²) in [5.41, 5.74) is 5.23. The zero-order chi connectivity index (χ0) is 22.1. The second-order valence-corrected chi connectivity index (χ2v) is 7.07. The van der Waals surface area contributed by atoms with Crippen LogP contribution in [0.1, 0.15) is 17.0 Å². The first-order chi connectivity index (χ1) is 15.6. The van der Waals surface area contributed by atoms with Crippen molar-refractivity contribution in [2.45, 2.75) is 13.5 Å². The molecule has 0 N–H and O–H groups in total. The summed E-state index contributed by atoms with van der Waals surface area (Å²) in [5.74, 6) is -0.422. The highest BCUT2D eigenvalue weighted by molar-refractivity contribution is 5.98. The number of hydrogen-bond acceptors (Lipinski definition) is 7. The Bertz CT molecular complexity index is 1490. The van der Waals surface area contributed by atoms with Gasteiger partial charge in [-0.05, 0) is 37.3 Å². The van der Waals surface area contributed by atoms with Gasteiger partial charge in [0.25, 0.3) is 0 Å². The van der Waals surface area contributed by atoms with Gasteiger partial charge in [0.05, 0.1) is 40.0 Å². The number of benzene rings is 1. The number of nitrogens with zero attached hydrogens (tertiary/aromatic N) is 8. The first-order valence-corrected chi connectivity index (χ1v) is 9.76. The molecule has 5 aromatic rings. The fourth-order valence-corrected chi connectivity index (χ4v) is 3.51. The molecular formula is C23H15FN8. The van der Waals surface area contributed by atoms with Crippen LogP contribution >= 0.6 is 0 Å². The lowest BCUT2D eigenvalue weighted by molar-refractivity contribution is 0.540. The number of pyridine rings is 2. The Kier molecular flexibility index (Phi) is 4.80. The molecule has 0 spiro atoms. The Labute approximate surface area is 182 Å². The van der Waals surface area contributed by atoms with Crippen LogP contribution in [0.4, 0.5) is 4.39 Å². The number of fused-ring (bicyclic) bond motifs is 1. The van der Waals surface area contributed by atoms with Gasteiger partial charge in [-0.1, -0.05) is 12.1 Å². The van der Waals surface area contributed by atoms with Crippen molar-refractivity contribution in [2.24, 2.45) is 0 Å². The number of hydrogen-bond donors (Lipinski definition) is 0. The van der Waals surface area contributed by atoms with Crippen molar-refractivity contribution in [1.29, 1.82) is 5.26 Å². The third-order valence-corrected chi connectivity index (χ3v) is 4.98. The summed E-state index contributed by atoms with van der Waals surface area (Å²) < 4.78 is 14.1. The van der Waals surface area contributed by atoms with Crippen molar-refractivity contribution in [3.63, 3.8) is 0 Å². The van der Waals surface area contributed by atoms with E-state index in [2.05, 4.69) is 31.2 Å². The van der Waals surface area contributed by atoms with E-state index in [-0.39, 0.29) is 12.2 Å². The van der Waals surface area contributed by atoms with Crippen LogP contribution in [0, 0.1) is 24.1 Å². The molecule has 0 aliphatic rings. The summed E-state index contributed by atoms with van der Waals surface area (Å²) in [4.78, 5) is 18.7. The Hall–Kier alpha value is -4.58. The highest BCUT2D eigenvalue weighted by Crippen LogP contribution is 2.35. The summed E-state index contributed by atoms with van der Waals surface area (Å²) in [6, 6.07) is 14.0. The van der Waals surface area contributed by atoms with E-state index in [9.17, 15) is 9.65 Å². The average molecular weight is 422 g/mol. The topological polar surface area (TPSA) is 106 Å². The molecule has 4 aromatic heterocycles. The summed E-state index contributed by atoms with van der Waals surface area (Å²) in [7, 11) is 0. The molecule has 154 valence electrons. The van der Waals surface area contributed by atoms with Gasteiger partial charge in [0.15, 0.2) is 0 Å². The second kappa shape index (κ2) is 7.92. The number of halogens is 1.